The highest BCUT2D eigenvalue weighted by molar-refractivity contribution is 5.70. The zero-order chi connectivity index (χ0) is 16.4. The number of amides is 1. The molecule has 1 N–H and O–H groups in total. The van der Waals surface area contributed by atoms with Crippen molar-refractivity contribution in [3.8, 4) is 0 Å². The first kappa shape index (κ1) is 16.3. The SMILES string of the molecule is CC1CC2CC(C1)CC(C)(CCn1cccc(NC=O)c1=O)C2. The molecule has 0 saturated heterocycles. The Bertz CT molecular complexity index is 604. The minimum Gasteiger partial charge on any atom is -0.324 e. The van der Waals surface area contributed by atoms with Crippen LogP contribution in [0, 0.1) is 23.2 Å². The molecule has 0 aromatic carbocycles. The number of anilines is 1. The molecule has 2 aliphatic carbocycles. The number of carbonyl (C=O) groups is 1. The molecule has 1 aromatic heterocycles. The largest absolute Gasteiger partial charge is 0.324 e. The molecule has 2 bridgehead atoms. The van der Waals surface area contributed by atoms with E-state index in [1.54, 1.807) is 10.6 Å². The first-order valence-electron chi connectivity index (χ1n) is 8.89. The normalized spacial score (nSPS) is 33.2. The molecule has 0 aliphatic heterocycles. The van der Waals surface area contributed by atoms with Crippen molar-refractivity contribution >= 4 is 12.1 Å². The van der Waals surface area contributed by atoms with Crippen LogP contribution in [0.4, 0.5) is 5.69 Å². The second-order valence-electron chi connectivity index (χ2n) is 8.20. The summed E-state index contributed by atoms with van der Waals surface area (Å²) in [7, 11) is 0. The molecule has 2 fully saturated rings. The minimum absolute atomic E-state index is 0.104. The van der Waals surface area contributed by atoms with Crippen LogP contribution in [0.3, 0.4) is 0 Å². The van der Waals surface area contributed by atoms with Crippen LogP contribution < -0.4 is 10.9 Å². The fourth-order valence-corrected chi connectivity index (χ4v) is 5.19. The number of aryl methyl sites for hydroxylation is 1. The summed E-state index contributed by atoms with van der Waals surface area (Å²) in [5.41, 5.74) is 0.608. The smallest absolute Gasteiger partial charge is 0.274 e. The molecule has 4 heteroatoms. The maximum absolute atomic E-state index is 12.3. The summed E-state index contributed by atoms with van der Waals surface area (Å²) < 4.78 is 1.74. The predicted octanol–water partition coefficient (Wildman–Crippen LogP) is 3.66. The van der Waals surface area contributed by atoms with Crippen molar-refractivity contribution in [3.63, 3.8) is 0 Å². The molecule has 1 amide bonds. The van der Waals surface area contributed by atoms with Gasteiger partial charge in [0.1, 0.15) is 5.69 Å². The van der Waals surface area contributed by atoms with Crippen molar-refractivity contribution in [1.29, 1.82) is 0 Å². The van der Waals surface area contributed by atoms with Crippen LogP contribution in [-0.2, 0) is 11.3 Å². The zero-order valence-electron chi connectivity index (χ0n) is 14.3. The van der Waals surface area contributed by atoms with Gasteiger partial charge >= 0.3 is 0 Å². The second kappa shape index (κ2) is 6.50. The lowest BCUT2D eigenvalue weighted by molar-refractivity contribution is -0.105. The number of aromatic nitrogens is 1. The molecule has 2 unspecified atom stereocenters. The topological polar surface area (TPSA) is 51.1 Å². The van der Waals surface area contributed by atoms with E-state index in [0.717, 1.165) is 30.7 Å². The summed E-state index contributed by atoms with van der Waals surface area (Å²) in [5, 5.41) is 2.49. The van der Waals surface area contributed by atoms with E-state index >= 15 is 0 Å². The zero-order valence-corrected chi connectivity index (χ0v) is 14.3. The van der Waals surface area contributed by atoms with Gasteiger partial charge in [-0.3, -0.25) is 9.59 Å². The fraction of sp³-hybridized carbons (Fsp3) is 0.684. The molecule has 126 valence electrons. The van der Waals surface area contributed by atoms with E-state index in [2.05, 4.69) is 19.2 Å². The molecule has 4 nitrogen and oxygen atoms in total. The highest BCUT2D eigenvalue weighted by atomic mass is 16.1. The Morgan fingerprint density at radius 3 is 2.65 bits per heavy atom. The number of carbonyl (C=O) groups excluding carboxylic acids is 1. The quantitative estimate of drug-likeness (QED) is 0.843. The van der Waals surface area contributed by atoms with Gasteiger partial charge in [0.15, 0.2) is 0 Å². The number of nitrogens with one attached hydrogen (secondary N) is 1. The molecular weight excluding hydrogens is 288 g/mol. The number of nitrogens with zero attached hydrogens (tertiary/aromatic N) is 1. The van der Waals surface area contributed by atoms with Crippen molar-refractivity contribution in [2.24, 2.45) is 23.2 Å². The van der Waals surface area contributed by atoms with E-state index < -0.39 is 0 Å². The maximum atomic E-state index is 12.3. The van der Waals surface area contributed by atoms with Gasteiger partial charge in [0, 0.05) is 12.7 Å². The summed E-state index contributed by atoms with van der Waals surface area (Å²) in [5.74, 6) is 2.64. The van der Waals surface area contributed by atoms with Crippen molar-refractivity contribution in [3.05, 3.63) is 28.7 Å². The molecular formula is C19H28N2O2. The van der Waals surface area contributed by atoms with Crippen molar-refractivity contribution in [2.45, 2.75) is 58.9 Å². The van der Waals surface area contributed by atoms with Crippen LogP contribution in [0.2, 0.25) is 0 Å². The van der Waals surface area contributed by atoms with Gasteiger partial charge in [-0.25, -0.2) is 0 Å². The van der Waals surface area contributed by atoms with E-state index in [9.17, 15) is 9.59 Å². The van der Waals surface area contributed by atoms with E-state index in [0.29, 0.717) is 17.5 Å². The lowest BCUT2D eigenvalue weighted by Gasteiger charge is -2.47. The Hall–Kier alpha value is -1.58. The van der Waals surface area contributed by atoms with E-state index in [4.69, 9.17) is 0 Å². The van der Waals surface area contributed by atoms with Gasteiger partial charge in [-0.1, -0.05) is 13.8 Å². The molecule has 0 radical (unpaired) electrons. The van der Waals surface area contributed by atoms with E-state index in [-0.39, 0.29) is 5.56 Å². The van der Waals surface area contributed by atoms with Gasteiger partial charge < -0.3 is 9.88 Å². The number of pyridine rings is 1. The summed E-state index contributed by atoms with van der Waals surface area (Å²) in [4.78, 5) is 22.9. The van der Waals surface area contributed by atoms with Crippen LogP contribution in [0.1, 0.15) is 52.4 Å². The summed E-state index contributed by atoms with van der Waals surface area (Å²) in [6, 6.07) is 3.48. The summed E-state index contributed by atoms with van der Waals surface area (Å²) >= 11 is 0. The number of fused-ring (bicyclic) bond motifs is 2. The van der Waals surface area contributed by atoms with Crippen LogP contribution in [0.25, 0.3) is 0 Å². The minimum atomic E-state index is -0.104. The third kappa shape index (κ3) is 3.67. The summed E-state index contributed by atoms with van der Waals surface area (Å²) in [6.45, 7) is 5.53. The standard InChI is InChI=1S/C19H28N2O2/c1-14-8-15-10-16(9-14)12-19(2,11-15)5-7-21-6-3-4-17(18(21)23)20-13-22/h3-4,6,13-16H,5,7-12H2,1-2H3,(H,20,22). The highest BCUT2D eigenvalue weighted by Gasteiger charge is 2.40. The van der Waals surface area contributed by atoms with Crippen molar-refractivity contribution in [1.82, 2.24) is 4.57 Å². The third-order valence-electron chi connectivity index (χ3n) is 5.89. The lowest BCUT2D eigenvalue weighted by Crippen LogP contribution is -2.37. The Labute approximate surface area is 138 Å². The second-order valence-corrected chi connectivity index (χ2v) is 8.20. The average molecular weight is 316 g/mol. The van der Waals surface area contributed by atoms with Gasteiger partial charge in [0.25, 0.3) is 5.56 Å². The molecule has 2 aliphatic rings. The monoisotopic (exact) mass is 316 g/mol. The van der Waals surface area contributed by atoms with Gasteiger partial charge in [0.2, 0.25) is 6.41 Å². The van der Waals surface area contributed by atoms with E-state index in [1.165, 1.54) is 32.1 Å². The first-order chi connectivity index (χ1) is 11.0. The third-order valence-corrected chi connectivity index (χ3v) is 5.89. The van der Waals surface area contributed by atoms with Crippen LogP contribution in [0.5, 0.6) is 0 Å². The molecule has 1 aromatic rings. The number of hydrogen-bond donors (Lipinski definition) is 1. The predicted molar refractivity (Wildman–Crippen MR) is 92.3 cm³/mol. The molecule has 2 saturated carbocycles. The fourth-order valence-electron chi connectivity index (χ4n) is 5.19. The molecule has 3 rings (SSSR count). The first-order valence-corrected chi connectivity index (χ1v) is 8.89. The molecule has 0 spiro atoms. The lowest BCUT2D eigenvalue weighted by atomic mass is 9.58. The molecule has 1 heterocycles. The van der Waals surface area contributed by atoms with Crippen molar-refractivity contribution < 1.29 is 4.79 Å². The highest BCUT2D eigenvalue weighted by Crippen LogP contribution is 2.51. The molecule has 2 atom stereocenters. The van der Waals surface area contributed by atoms with E-state index in [1.807, 2.05) is 12.3 Å². The number of rotatable bonds is 5. The summed E-state index contributed by atoms with van der Waals surface area (Å²) in [6.07, 6.45) is 10.2. The van der Waals surface area contributed by atoms with Crippen molar-refractivity contribution in [2.75, 3.05) is 5.32 Å². The maximum Gasteiger partial charge on any atom is 0.274 e. The Kier molecular flexibility index (Phi) is 4.60. The Balaban J connectivity index is 1.67. The Morgan fingerprint density at radius 2 is 2.00 bits per heavy atom. The van der Waals surface area contributed by atoms with Crippen LogP contribution in [0.15, 0.2) is 23.1 Å². The van der Waals surface area contributed by atoms with Gasteiger partial charge in [-0.2, -0.15) is 0 Å². The van der Waals surface area contributed by atoms with Crippen LogP contribution >= 0.6 is 0 Å². The Morgan fingerprint density at radius 1 is 1.30 bits per heavy atom. The average Bonchev–Trinajstić information content (AvgIpc) is 2.47. The van der Waals surface area contributed by atoms with Gasteiger partial charge in [0.05, 0.1) is 0 Å². The number of hydrogen-bond acceptors (Lipinski definition) is 2. The van der Waals surface area contributed by atoms with Gasteiger partial charge in [-0.15, -0.1) is 0 Å². The van der Waals surface area contributed by atoms with Crippen LogP contribution in [-0.4, -0.2) is 11.0 Å². The van der Waals surface area contributed by atoms with Gasteiger partial charge in [-0.05, 0) is 73.8 Å². The molecule has 23 heavy (non-hydrogen) atoms.